The van der Waals surface area contributed by atoms with Crippen molar-refractivity contribution in [3.05, 3.63) is 71.4 Å². The second-order valence-electron chi connectivity index (χ2n) is 6.22. The first-order valence-corrected chi connectivity index (χ1v) is 8.87. The molecule has 0 saturated heterocycles. The molecular weight excluding hydrogens is 360 g/mol. The minimum atomic E-state index is -0.570. The molecule has 0 saturated carbocycles. The van der Waals surface area contributed by atoms with Gasteiger partial charge in [0.25, 0.3) is 5.91 Å². The lowest BCUT2D eigenvalue weighted by molar-refractivity contribution is -0.136. The molecule has 0 atom stereocenters. The number of β-amino-alcohol motifs (C(OH)–C–C–N with tert-alkyl or cyclic N) is 1. The van der Waals surface area contributed by atoms with E-state index in [1.807, 2.05) is 48.5 Å². The Balaban J connectivity index is 1.75. The number of nitrogens with zero attached hydrogens (tertiary/aromatic N) is 1. The fourth-order valence-electron chi connectivity index (χ4n) is 2.92. The molecule has 146 valence electrons. The van der Waals surface area contributed by atoms with Crippen molar-refractivity contribution < 1.29 is 24.2 Å². The van der Waals surface area contributed by atoms with Gasteiger partial charge >= 0.3 is 5.97 Å². The van der Waals surface area contributed by atoms with Crippen molar-refractivity contribution in [1.29, 1.82) is 0 Å². The first-order valence-electron chi connectivity index (χ1n) is 8.87. The quantitative estimate of drug-likeness (QED) is 0.679. The van der Waals surface area contributed by atoms with Crippen LogP contribution in [-0.2, 0) is 20.9 Å². The number of para-hydroxylation sites is 1. The first-order chi connectivity index (χ1) is 13.6. The van der Waals surface area contributed by atoms with E-state index in [2.05, 4.69) is 5.32 Å². The zero-order chi connectivity index (χ0) is 19.9. The highest BCUT2D eigenvalue weighted by molar-refractivity contribution is 6.08. The van der Waals surface area contributed by atoms with Crippen LogP contribution >= 0.6 is 0 Å². The summed E-state index contributed by atoms with van der Waals surface area (Å²) in [6.07, 6.45) is 0. The van der Waals surface area contributed by atoms with Gasteiger partial charge in [-0.05, 0) is 29.8 Å². The molecule has 3 rings (SSSR count). The van der Waals surface area contributed by atoms with Crippen LogP contribution in [0.5, 0.6) is 5.75 Å². The molecule has 0 bridgehead atoms. The number of aliphatic hydroxyl groups excluding tert-OH is 1. The molecule has 0 radical (unpaired) electrons. The summed E-state index contributed by atoms with van der Waals surface area (Å²) >= 11 is 0. The van der Waals surface area contributed by atoms with Gasteiger partial charge in [-0.25, -0.2) is 4.79 Å². The Kier molecular flexibility index (Phi) is 6.29. The number of carbonyl (C=O) groups is 2. The smallest absolute Gasteiger partial charge is 0.337 e. The molecule has 0 fully saturated rings. The molecule has 0 unspecified atom stereocenters. The molecule has 0 aromatic heterocycles. The Morgan fingerprint density at radius 3 is 2.68 bits per heavy atom. The number of nitrogens with one attached hydrogen (secondary N) is 1. The van der Waals surface area contributed by atoms with Gasteiger partial charge in [0.1, 0.15) is 18.1 Å². The standard InChI is InChI=1S/C21H22N2O5/c1-27-21(26)18-13-23(10-11-24)20(25)19(18)22-16-7-5-6-15(12-16)14-28-17-8-3-2-4-9-17/h2-9,12,22,24H,10-11,13-14H2,1H3. The lowest BCUT2D eigenvalue weighted by Gasteiger charge is -2.15. The monoisotopic (exact) mass is 382 g/mol. The second-order valence-corrected chi connectivity index (χ2v) is 6.22. The zero-order valence-electron chi connectivity index (χ0n) is 15.6. The Morgan fingerprint density at radius 2 is 1.96 bits per heavy atom. The molecule has 1 aliphatic rings. The van der Waals surface area contributed by atoms with Crippen LogP contribution in [0.3, 0.4) is 0 Å². The highest BCUT2D eigenvalue weighted by Crippen LogP contribution is 2.23. The third-order valence-electron chi connectivity index (χ3n) is 4.30. The predicted molar refractivity (Wildman–Crippen MR) is 104 cm³/mol. The van der Waals surface area contributed by atoms with E-state index in [1.165, 1.54) is 12.0 Å². The summed E-state index contributed by atoms with van der Waals surface area (Å²) in [6, 6.07) is 16.9. The van der Waals surface area contributed by atoms with E-state index in [9.17, 15) is 9.59 Å². The topological polar surface area (TPSA) is 88.1 Å². The number of aliphatic hydroxyl groups is 1. The van der Waals surface area contributed by atoms with Gasteiger partial charge in [0.15, 0.2) is 0 Å². The number of methoxy groups -OCH3 is 1. The van der Waals surface area contributed by atoms with E-state index < -0.39 is 5.97 Å². The van der Waals surface area contributed by atoms with Crippen LogP contribution in [0.25, 0.3) is 0 Å². The van der Waals surface area contributed by atoms with Gasteiger partial charge < -0.3 is 24.8 Å². The minimum Gasteiger partial charge on any atom is -0.489 e. The molecular formula is C21H22N2O5. The number of amides is 1. The molecule has 7 nitrogen and oxygen atoms in total. The van der Waals surface area contributed by atoms with Gasteiger partial charge in [0, 0.05) is 12.2 Å². The predicted octanol–water partition coefficient (Wildman–Crippen LogP) is 1.94. The third kappa shape index (κ3) is 4.50. The summed E-state index contributed by atoms with van der Waals surface area (Å²) in [5.74, 6) is -0.151. The molecule has 1 heterocycles. The van der Waals surface area contributed by atoms with Gasteiger partial charge in [0.05, 0.1) is 25.8 Å². The highest BCUT2D eigenvalue weighted by atomic mass is 16.5. The highest BCUT2D eigenvalue weighted by Gasteiger charge is 2.34. The van der Waals surface area contributed by atoms with Crippen molar-refractivity contribution in [3.63, 3.8) is 0 Å². The average Bonchev–Trinajstić information content (AvgIpc) is 3.03. The number of hydrogen-bond donors (Lipinski definition) is 2. The van der Waals surface area contributed by atoms with Crippen LogP contribution in [0, 0.1) is 0 Å². The summed E-state index contributed by atoms with van der Waals surface area (Å²) in [4.78, 5) is 26.0. The van der Waals surface area contributed by atoms with Crippen molar-refractivity contribution in [2.24, 2.45) is 0 Å². The molecule has 2 N–H and O–H groups in total. The van der Waals surface area contributed by atoms with Crippen LogP contribution in [0.1, 0.15) is 5.56 Å². The lowest BCUT2D eigenvalue weighted by Crippen LogP contribution is -2.31. The summed E-state index contributed by atoms with van der Waals surface area (Å²) in [5.41, 5.74) is 1.98. The number of esters is 1. The normalized spacial score (nSPS) is 13.6. The molecule has 7 heteroatoms. The van der Waals surface area contributed by atoms with Crippen molar-refractivity contribution in [2.75, 3.05) is 32.1 Å². The number of ether oxygens (including phenoxy) is 2. The van der Waals surface area contributed by atoms with Gasteiger partial charge in [-0.15, -0.1) is 0 Å². The maximum atomic E-state index is 12.6. The van der Waals surface area contributed by atoms with Crippen molar-refractivity contribution in [2.45, 2.75) is 6.61 Å². The number of benzene rings is 2. The van der Waals surface area contributed by atoms with Gasteiger partial charge in [-0.2, -0.15) is 0 Å². The molecule has 0 spiro atoms. The van der Waals surface area contributed by atoms with Gasteiger partial charge in [-0.3, -0.25) is 4.79 Å². The number of anilines is 1. The van der Waals surface area contributed by atoms with Crippen LogP contribution < -0.4 is 10.1 Å². The summed E-state index contributed by atoms with van der Waals surface area (Å²) in [7, 11) is 1.27. The van der Waals surface area contributed by atoms with E-state index >= 15 is 0 Å². The van der Waals surface area contributed by atoms with E-state index in [0.717, 1.165) is 11.3 Å². The van der Waals surface area contributed by atoms with Crippen LogP contribution in [0.2, 0.25) is 0 Å². The minimum absolute atomic E-state index is 0.102. The molecule has 1 aliphatic heterocycles. The number of rotatable bonds is 8. The maximum Gasteiger partial charge on any atom is 0.337 e. The largest absolute Gasteiger partial charge is 0.489 e. The molecule has 2 aromatic carbocycles. The molecule has 2 aromatic rings. The van der Waals surface area contributed by atoms with Gasteiger partial charge in [0.2, 0.25) is 0 Å². The maximum absolute atomic E-state index is 12.6. The number of hydrogen-bond acceptors (Lipinski definition) is 6. The lowest BCUT2D eigenvalue weighted by atomic mass is 10.2. The summed E-state index contributed by atoms with van der Waals surface area (Å²) in [5, 5.41) is 12.2. The summed E-state index contributed by atoms with van der Waals surface area (Å²) in [6.45, 7) is 0.438. The molecule has 0 aliphatic carbocycles. The second kappa shape index (κ2) is 9.05. The van der Waals surface area contributed by atoms with E-state index in [4.69, 9.17) is 14.6 Å². The fraction of sp³-hybridized carbons (Fsp3) is 0.238. The van der Waals surface area contributed by atoms with Crippen LogP contribution in [0.4, 0.5) is 5.69 Å². The van der Waals surface area contributed by atoms with Crippen molar-refractivity contribution in [3.8, 4) is 5.75 Å². The van der Waals surface area contributed by atoms with Crippen LogP contribution in [0.15, 0.2) is 65.9 Å². The van der Waals surface area contributed by atoms with Crippen molar-refractivity contribution >= 4 is 17.6 Å². The molecule has 1 amide bonds. The zero-order valence-corrected chi connectivity index (χ0v) is 15.6. The van der Waals surface area contributed by atoms with Crippen LogP contribution in [-0.4, -0.2) is 48.7 Å². The van der Waals surface area contributed by atoms with Crippen molar-refractivity contribution in [1.82, 2.24) is 4.90 Å². The Labute approximate surface area is 163 Å². The van der Waals surface area contributed by atoms with Gasteiger partial charge in [-0.1, -0.05) is 30.3 Å². The Morgan fingerprint density at radius 1 is 1.18 bits per heavy atom. The van der Waals surface area contributed by atoms with E-state index in [1.54, 1.807) is 6.07 Å². The Hall–Kier alpha value is -3.32. The molecule has 28 heavy (non-hydrogen) atoms. The van der Waals surface area contributed by atoms with E-state index in [-0.39, 0.29) is 36.9 Å². The SMILES string of the molecule is COC(=O)C1=C(Nc2cccc(COc3ccccc3)c2)C(=O)N(CCO)C1. The fourth-order valence-corrected chi connectivity index (χ4v) is 2.92. The third-order valence-corrected chi connectivity index (χ3v) is 4.30. The first kappa shape index (κ1) is 19.4. The average molecular weight is 382 g/mol. The Bertz CT molecular complexity index is 879. The number of carbonyl (C=O) groups excluding carboxylic acids is 2. The summed E-state index contributed by atoms with van der Waals surface area (Å²) < 4.78 is 10.5. The van der Waals surface area contributed by atoms with E-state index in [0.29, 0.717) is 12.3 Å².